The van der Waals surface area contributed by atoms with Gasteiger partial charge in [-0.2, -0.15) is 5.10 Å². The van der Waals surface area contributed by atoms with Crippen LogP contribution in [0.2, 0.25) is 5.02 Å². The average Bonchev–Trinajstić information content (AvgIpc) is 3.07. The maximum Gasteiger partial charge on any atom is 0.191 e. The lowest BCUT2D eigenvalue weighted by molar-refractivity contribution is 0.219. The van der Waals surface area contributed by atoms with Gasteiger partial charge in [0.25, 0.3) is 0 Å². The van der Waals surface area contributed by atoms with E-state index in [1.165, 1.54) is 0 Å². The van der Waals surface area contributed by atoms with E-state index >= 15 is 0 Å². The normalized spacial score (nSPS) is 12.6. The zero-order chi connectivity index (χ0) is 18.9. The Bertz CT molecular complexity index is 714. The van der Waals surface area contributed by atoms with Gasteiger partial charge in [0.15, 0.2) is 5.96 Å². The van der Waals surface area contributed by atoms with Crippen molar-refractivity contribution in [2.45, 2.75) is 26.4 Å². The van der Waals surface area contributed by atoms with Gasteiger partial charge >= 0.3 is 0 Å². The molecule has 0 spiro atoms. The van der Waals surface area contributed by atoms with Crippen LogP contribution in [0.1, 0.15) is 31.0 Å². The molecule has 0 aliphatic heterocycles. The number of aryl methyl sites for hydroxylation is 1. The van der Waals surface area contributed by atoms with Gasteiger partial charge in [-0.05, 0) is 24.7 Å². The van der Waals surface area contributed by atoms with Crippen molar-refractivity contribution in [3.63, 3.8) is 0 Å². The van der Waals surface area contributed by atoms with E-state index in [9.17, 15) is 0 Å². The van der Waals surface area contributed by atoms with Crippen LogP contribution < -0.4 is 10.6 Å². The second-order valence-electron chi connectivity index (χ2n) is 6.09. The monoisotopic (exact) mass is 504 g/mol. The van der Waals surface area contributed by atoms with Gasteiger partial charge in [0, 0.05) is 44.0 Å². The fraction of sp³-hybridized carbons (Fsp3) is 0.474. The summed E-state index contributed by atoms with van der Waals surface area (Å²) in [5.41, 5.74) is 2.25. The molecule has 0 aliphatic carbocycles. The Hall–Kier alpha value is -1.32. The molecule has 2 rings (SSSR count). The van der Waals surface area contributed by atoms with Crippen LogP contribution >= 0.6 is 35.6 Å². The van der Waals surface area contributed by atoms with Crippen molar-refractivity contribution >= 4 is 41.5 Å². The number of nitrogens with one attached hydrogen (secondary N) is 2. The van der Waals surface area contributed by atoms with E-state index in [-0.39, 0.29) is 30.0 Å². The number of guanidine groups is 1. The molecule has 0 saturated heterocycles. The van der Waals surface area contributed by atoms with Crippen molar-refractivity contribution < 1.29 is 0 Å². The molecule has 0 bridgehead atoms. The van der Waals surface area contributed by atoms with Crippen molar-refractivity contribution in [2.24, 2.45) is 12.0 Å². The van der Waals surface area contributed by atoms with Crippen LogP contribution in [0, 0.1) is 0 Å². The molecule has 1 aromatic carbocycles. The van der Waals surface area contributed by atoms with Gasteiger partial charge in [-0.3, -0.25) is 14.6 Å². The van der Waals surface area contributed by atoms with E-state index in [0.717, 1.165) is 41.7 Å². The summed E-state index contributed by atoms with van der Waals surface area (Å²) in [5.74, 6) is 0.762. The highest BCUT2D eigenvalue weighted by molar-refractivity contribution is 14.0. The molecule has 1 atom stereocenters. The predicted molar refractivity (Wildman–Crippen MR) is 124 cm³/mol. The highest BCUT2D eigenvalue weighted by Crippen LogP contribution is 2.26. The molecule has 27 heavy (non-hydrogen) atoms. The van der Waals surface area contributed by atoms with Gasteiger partial charge in [0.05, 0.1) is 12.2 Å². The summed E-state index contributed by atoms with van der Waals surface area (Å²) in [6, 6.07) is 8.22. The number of halogens is 2. The lowest BCUT2D eigenvalue weighted by atomic mass is 10.0. The molecule has 150 valence electrons. The van der Waals surface area contributed by atoms with Gasteiger partial charge in [-0.15, -0.1) is 24.0 Å². The average molecular weight is 505 g/mol. The molecule has 1 heterocycles. The van der Waals surface area contributed by atoms with Crippen molar-refractivity contribution in [1.29, 1.82) is 0 Å². The third-order valence-corrected chi connectivity index (χ3v) is 4.77. The predicted octanol–water partition coefficient (Wildman–Crippen LogP) is 3.44. The number of likely N-dealkylation sites (N-methyl/N-ethyl adjacent to an activating group) is 1. The first-order valence-electron chi connectivity index (χ1n) is 8.99. The fourth-order valence-corrected chi connectivity index (χ4v) is 3.27. The minimum Gasteiger partial charge on any atom is -0.354 e. The van der Waals surface area contributed by atoms with Crippen molar-refractivity contribution in [3.05, 3.63) is 52.8 Å². The number of nitrogens with zero attached hydrogens (tertiary/aromatic N) is 4. The summed E-state index contributed by atoms with van der Waals surface area (Å²) in [6.45, 7) is 7.64. The zero-order valence-electron chi connectivity index (χ0n) is 16.4. The topological polar surface area (TPSA) is 57.5 Å². The Morgan fingerprint density at radius 1 is 1.26 bits per heavy atom. The Morgan fingerprint density at radius 2 is 1.96 bits per heavy atom. The van der Waals surface area contributed by atoms with E-state index in [0.29, 0.717) is 6.54 Å². The largest absolute Gasteiger partial charge is 0.354 e. The van der Waals surface area contributed by atoms with Gasteiger partial charge in [-0.1, -0.05) is 43.6 Å². The SMILES string of the molecule is CCN(CC)C(CNC(=NC)NCc1cnn(C)c1)c1ccccc1Cl.I. The van der Waals surface area contributed by atoms with Crippen molar-refractivity contribution in [1.82, 2.24) is 25.3 Å². The van der Waals surface area contributed by atoms with E-state index in [2.05, 4.69) is 45.5 Å². The van der Waals surface area contributed by atoms with Crippen LogP contribution in [0.4, 0.5) is 0 Å². The smallest absolute Gasteiger partial charge is 0.191 e. The number of hydrogen-bond donors (Lipinski definition) is 2. The summed E-state index contributed by atoms with van der Waals surface area (Å²) in [6.07, 6.45) is 3.84. The highest BCUT2D eigenvalue weighted by atomic mass is 127. The number of rotatable bonds is 8. The Balaban J connectivity index is 0.00000364. The molecule has 8 heteroatoms. The molecule has 0 fully saturated rings. The quantitative estimate of drug-likeness (QED) is 0.329. The standard InChI is InChI=1S/C19H29ClN6.HI/c1-5-26(6-2)18(16-9-7-8-10-17(16)20)13-23-19(21-3)22-11-15-12-24-25(4)14-15;/h7-10,12,14,18H,5-6,11,13H2,1-4H3,(H2,21,22,23);1H. The molecule has 0 saturated carbocycles. The fourth-order valence-electron chi connectivity index (χ4n) is 3.01. The molecule has 2 aromatic rings. The van der Waals surface area contributed by atoms with Crippen LogP contribution in [0.5, 0.6) is 0 Å². The van der Waals surface area contributed by atoms with Crippen LogP contribution in [0.3, 0.4) is 0 Å². The van der Waals surface area contributed by atoms with E-state index in [1.807, 2.05) is 37.6 Å². The van der Waals surface area contributed by atoms with Gasteiger partial charge in [0.1, 0.15) is 0 Å². The number of aliphatic imine (C=N–C) groups is 1. The van der Waals surface area contributed by atoms with Crippen LogP contribution in [0.15, 0.2) is 41.7 Å². The summed E-state index contributed by atoms with van der Waals surface area (Å²) in [4.78, 5) is 6.72. The van der Waals surface area contributed by atoms with Gasteiger partial charge in [-0.25, -0.2) is 0 Å². The molecule has 0 amide bonds. The van der Waals surface area contributed by atoms with Crippen LogP contribution in [-0.2, 0) is 13.6 Å². The van der Waals surface area contributed by atoms with Crippen LogP contribution in [0.25, 0.3) is 0 Å². The number of benzene rings is 1. The minimum absolute atomic E-state index is 0. The molecule has 1 aromatic heterocycles. The minimum atomic E-state index is 0. The number of aromatic nitrogens is 2. The summed E-state index contributed by atoms with van der Waals surface area (Å²) in [5, 5.41) is 11.7. The zero-order valence-corrected chi connectivity index (χ0v) is 19.5. The first-order valence-corrected chi connectivity index (χ1v) is 9.37. The Labute approximate surface area is 184 Å². The molecular formula is C19H30ClIN6. The van der Waals surface area contributed by atoms with E-state index in [4.69, 9.17) is 11.6 Å². The van der Waals surface area contributed by atoms with Crippen molar-refractivity contribution in [2.75, 3.05) is 26.7 Å². The maximum atomic E-state index is 6.46. The summed E-state index contributed by atoms with van der Waals surface area (Å²) >= 11 is 6.46. The molecule has 2 N–H and O–H groups in total. The summed E-state index contributed by atoms with van der Waals surface area (Å²) < 4.78 is 1.79. The highest BCUT2D eigenvalue weighted by Gasteiger charge is 2.20. The van der Waals surface area contributed by atoms with Crippen molar-refractivity contribution in [3.8, 4) is 0 Å². The van der Waals surface area contributed by atoms with E-state index in [1.54, 1.807) is 11.7 Å². The first kappa shape index (κ1) is 23.7. The lowest BCUT2D eigenvalue weighted by Gasteiger charge is -2.31. The van der Waals surface area contributed by atoms with E-state index < -0.39 is 0 Å². The number of hydrogen-bond acceptors (Lipinski definition) is 3. The lowest BCUT2D eigenvalue weighted by Crippen LogP contribution is -2.43. The maximum absolute atomic E-state index is 6.46. The van der Waals surface area contributed by atoms with Gasteiger partial charge < -0.3 is 10.6 Å². The third kappa shape index (κ3) is 6.97. The third-order valence-electron chi connectivity index (χ3n) is 4.42. The second-order valence-corrected chi connectivity index (χ2v) is 6.49. The Morgan fingerprint density at radius 3 is 2.52 bits per heavy atom. The van der Waals surface area contributed by atoms with Gasteiger partial charge in [0.2, 0.25) is 0 Å². The molecular weight excluding hydrogens is 475 g/mol. The first-order chi connectivity index (χ1) is 12.6. The van der Waals surface area contributed by atoms with Crippen LogP contribution in [-0.4, -0.2) is 47.3 Å². The summed E-state index contributed by atoms with van der Waals surface area (Å²) in [7, 11) is 3.69. The molecule has 1 unspecified atom stereocenters. The molecule has 0 aliphatic rings. The molecule has 0 radical (unpaired) electrons. The second kappa shape index (κ2) is 12.2. The Kier molecular flexibility index (Phi) is 10.7. The molecule has 6 nitrogen and oxygen atoms in total.